The zero-order valence-electron chi connectivity index (χ0n) is 17.4. The molecule has 3 aromatic carbocycles. The smallest absolute Gasteiger partial charge is 0.274 e. The lowest BCUT2D eigenvalue weighted by molar-refractivity contribution is 0.0984. The molecular formula is C25H23ClN2O3. The number of fused-ring (bicyclic) bond motifs is 4. The van der Waals surface area contributed by atoms with Crippen LogP contribution in [0.5, 0.6) is 11.5 Å². The first kappa shape index (κ1) is 19.8. The summed E-state index contributed by atoms with van der Waals surface area (Å²) in [6.07, 6.45) is 0.935. The number of aromatic nitrogens is 1. The Morgan fingerprint density at radius 2 is 2.03 bits per heavy atom. The minimum absolute atomic E-state index is 0.0353. The van der Waals surface area contributed by atoms with Gasteiger partial charge in [-0.2, -0.15) is 0 Å². The Morgan fingerprint density at radius 3 is 2.77 bits per heavy atom. The van der Waals surface area contributed by atoms with Gasteiger partial charge in [-0.1, -0.05) is 19.1 Å². The van der Waals surface area contributed by atoms with E-state index in [0.717, 1.165) is 33.7 Å². The molecule has 2 N–H and O–H groups in total. The lowest BCUT2D eigenvalue weighted by atomic mass is 9.95. The summed E-state index contributed by atoms with van der Waals surface area (Å²) in [4.78, 5) is 18.5. The second kappa shape index (κ2) is 7.50. The summed E-state index contributed by atoms with van der Waals surface area (Å²) in [6.45, 7) is 2.57. The molecule has 0 aliphatic carbocycles. The number of aromatic amines is 1. The monoisotopic (exact) mass is 434 g/mol. The van der Waals surface area contributed by atoms with Crippen molar-refractivity contribution in [3.63, 3.8) is 0 Å². The molecule has 6 heteroatoms. The van der Waals surface area contributed by atoms with Gasteiger partial charge in [-0.05, 0) is 53.3 Å². The van der Waals surface area contributed by atoms with Gasteiger partial charge in [0.15, 0.2) is 0 Å². The van der Waals surface area contributed by atoms with Crippen molar-refractivity contribution < 1.29 is 14.6 Å². The largest absolute Gasteiger partial charge is 0.507 e. The van der Waals surface area contributed by atoms with Crippen LogP contribution in [0, 0.1) is 0 Å². The number of benzene rings is 3. The Balaban J connectivity index is 1.63. The molecule has 31 heavy (non-hydrogen) atoms. The second-order valence-electron chi connectivity index (χ2n) is 7.97. The predicted molar refractivity (Wildman–Crippen MR) is 125 cm³/mol. The Kier molecular flexibility index (Phi) is 4.78. The van der Waals surface area contributed by atoms with Crippen molar-refractivity contribution in [2.45, 2.75) is 19.3 Å². The maximum Gasteiger partial charge on any atom is 0.274 e. The first-order chi connectivity index (χ1) is 15.0. The van der Waals surface area contributed by atoms with Gasteiger partial charge >= 0.3 is 0 Å². The zero-order valence-corrected chi connectivity index (χ0v) is 18.2. The molecule has 5 nitrogen and oxygen atoms in total. The van der Waals surface area contributed by atoms with Gasteiger partial charge < -0.3 is 19.7 Å². The van der Waals surface area contributed by atoms with E-state index in [1.165, 1.54) is 5.56 Å². The molecular weight excluding hydrogens is 412 g/mol. The van der Waals surface area contributed by atoms with E-state index in [1.807, 2.05) is 30.3 Å². The number of methoxy groups -OCH3 is 1. The summed E-state index contributed by atoms with van der Waals surface area (Å²) in [5.41, 5.74) is 4.35. The highest BCUT2D eigenvalue weighted by Crippen LogP contribution is 2.46. The minimum atomic E-state index is -0.134. The summed E-state index contributed by atoms with van der Waals surface area (Å²) < 4.78 is 5.39. The summed E-state index contributed by atoms with van der Waals surface area (Å²) >= 11 is 6.32. The van der Waals surface area contributed by atoms with Gasteiger partial charge in [0.05, 0.1) is 12.8 Å². The van der Waals surface area contributed by atoms with Crippen LogP contribution in [0.3, 0.4) is 0 Å². The number of amides is 1. The van der Waals surface area contributed by atoms with E-state index in [1.54, 1.807) is 18.1 Å². The third-order valence-corrected chi connectivity index (χ3v) is 6.57. The third-order valence-electron chi connectivity index (χ3n) is 6.20. The molecule has 0 saturated carbocycles. The molecule has 1 aliphatic heterocycles. The SMILES string of the molecule is CCc1ccc2cc(C(=O)N3C[C@@H](CCl)c4c3cc(O)c3ccc(OC)cc43)[nH]c2c1. The molecule has 1 amide bonds. The van der Waals surface area contributed by atoms with E-state index in [9.17, 15) is 9.90 Å². The molecule has 0 radical (unpaired) electrons. The summed E-state index contributed by atoms with van der Waals surface area (Å²) in [6, 6.07) is 15.3. The van der Waals surface area contributed by atoms with Crippen LogP contribution in [0.25, 0.3) is 21.7 Å². The van der Waals surface area contributed by atoms with E-state index in [2.05, 4.69) is 24.0 Å². The van der Waals surface area contributed by atoms with Crippen molar-refractivity contribution in [2.75, 3.05) is 24.4 Å². The number of alkyl halides is 1. The van der Waals surface area contributed by atoms with Gasteiger partial charge in [-0.15, -0.1) is 11.6 Å². The fourth-order valence-corrected chi connectivity index (χ4v) is 4.81. The van der Waals surface area contributed by atoms with Gasteiger partial charge in [0.2, 0.25) is 0 Å². The lowest BCUT2D eigenvalue weighted by Crippen LogP contribution is -2.30. The highest BCUT2D eigenvalue weighted by Gasteiger charge is 2.35. The number of nitrogens with zero attached hydrogens (tertiary/aromatic N) is 1. The topological polar surface area (TPSA) is 65.6 Å². The number of phenols is 1. The molecule has 4 aromatic rings. The van der Waals surface area contributed by atoms with Crippen LogP contribution in [-0.2, 0) is 6.42 Å². The van der Waals surface area contributed by atoms with E-state index < -0.39 is 0 Å². The molecule has 1 aliphatic rings. The number of aryl methyl sites for hydroxylation is 1. The van der Waals surface area contributed by atoms with E-state index in [0.29, 0.717) is 29.6 Å². The third kappa shape index (κ3) is 3.12. The van der Waals surface area contributed by atoms with Crippen molar-refractivity contribution in [1.29, 1.82) is 0 Å². The van der Waals surface area contributed by atoms with Crippen LogP contribution in [0.15, 0.2) is 48.5 Å². The average molecular weight is 435 g/mol. The molecule has 0 unspecified atom stereocenters. The highest BCUT2D eigenvalue weighted by atomic mass is 35.5. The van der Waals surface area contributed by atoms with Crippen molar-refractivity contribution in [3.05, 3.63) is 65.4 Å². The molecule has 1 atom stereocenters. The highest BCUT2D eigenvalue weighted by molar-refractivity contribution is 6.19. The number of nitrogens with one attached hydrogen (secondary N) is 1. The van der Waals surface area contributed by atoms with Crippen molar-refractivity contribution >= 4 is 44.9 Å². The van der Waals surface area contributed by atoms with Crippen LogP contribution in [0.1, 0.15) is 34.5 Å². The summed E-state index contributed by atoms with van der Waals surface area (Å²) in [5, 5.41) is 13.3. The number of carbonyl (C=O) groups excluding carboxylic acids is 1. The fourth-order valence-electron chi connectivity index (χ4n) is 4.55. The van der Waals surface area contributed by atoms with E-state index in [4.69, 9.17) is 16.3 Å². The molecule has 0 fully saturated rings. The van der Waals surface area contributed by atoms with Gasteiger partial charge in [-0.3, -0.25) is 4.79 Å². The number of rotatable bonds is 4. The normalized spacial score (nSPS) is 15.6. The maximum absolute atomic E-state index is 13.5. The van der Waals surface area contributed by atoms with Gasteiger partial charge in [0, 0.05) is 40.7 Å². The van der Waals surface area contributed by atoms with Crippen molar-refractivity contribution in [2.24, 2.45) is 0 Å². The van der Waals surface area contributed by atoms with Crippen LogP contribution in [-0.4, -0.2) is 35.5 Å². The quantitative estimate of drug-likeness (QED) is 0.412. The average Bonchev–Trinajstić information content (AvgIpc) is 3.39. The van der Waals surface area contributed by atoms with Gasteiger partial charge in [0.25, 0.3) is 5.91 Å². The number of H-pyrrole nitrogens is 1. The predicted octanol–water partition coefficient (Wildman–Crippen LogP) is 5.58. The first-order valence-electron chi connectivity index (χ1n) is 10.4. The van der Waals surface area contributed by atoms with Crippen LogP contribution >= 0.6 is 11.6 Å². The lowest BCUT2D eigenvalue weighted by Gasteiger charge is -2.17. The molecule has 5 rings (SSSR count). The number of halogens is 1. The minimum Gasteiger partial charge on any atom is -0.507 e. The molecule has 1 aromatic heterocycles. The Hall–Kier alpha value is -3.18. The van der Waals surface area contributed by atoms with Crippen LogP contribution < -0.4 is 9.64 Å². The molecule has 0 bridgehead atoms. The number of hydrogen-bond donors (Lipinski definition) is 2. The Bertz CT molecular complexity index is 1330. The summed E-state index contributed by atoms with van der Waals surface area (Å²) in [7, 11) is 1.61. The molecule has 0 saturated heterocycles. The van der Waals surface area contributed by atoms with Crippen molar-refractivity contribution in [3.8, 4) is 11.5 Å². The fraction of sp³-hybridized carbons (Fsp3) is 0.240. The first-order valence-corrected chi connectivity index (χ1v) is 10.9. The number of phenolic OH excluding ortho intramolecular Hbond substituents is 1. The zero-order chi connectivity index (χ0) is 21.7. The molecule has 0 spiro atoms. The number of carbonyl (C=O) groups is 1. The number of aromatic hydroxyl groups is 1. The second-order valence-corrected chi connectivity index (χ2v) is 8.27. The maximum atomic E-state index is 13.5. The Morgan fingerprint density at radius 1 is 1.19 bits per heavy atom. The number of anilines is 1. The summed E-state index contributed by atoms with van der Waals surface area (Å²) in [5.74, 6) is 1.03. The Labute approximate surface area is 185 Å². The number of hydrogen-bond acceptors (Lipinski definition) is 3. The standard InChI is InChI=1S/C25H23ClN2O3/c1-3-14-4-5-15-9-21(27-20(15)8-14)25(30)28-13-16(12-26)24-19-10-17(31-2)6-7-18(19)23(29)11-22(24)28/h4-11,16,27,29H,3,12-13H2,1-2H3/t16-/m1/s1. The number of ether oxygens (including phenoxy) is 1. The van der Waals surface area contributed by atoms with Crippen molar-refractivity contribution in [1.82, 2.24) is 4.98 Å². The van der Waals surface area contributed by atoms with Gasteiger partial charge in [-0.25, -0.2) is 0 Å². The molecule has 158 valence electrons. The van der Waals surface area contributed by atoms with E-state index >= 15 is 0 Å². The van der Waals surface area contributed by atoms with Crippen LogP contribution in [0.4, 0.5) is 5.69 Å². The van der Waals surface area contributed by atoms with E-state index in [-0.39, 0.29) is 17.6 Å². The van der Waals surface area contributed by atoms with Crippen LogP contribution in [0.2, 0.25) is 0 Å². The molecule has 2 heterocycles. The van der Waals surface area contributed by atoms with Gasteiger partial charge in [0.1, 0.15) is 17.2 Å².